The fraction of sp³-hybridized carbons (Fsp3) is 0.333. The minimum Gasteiger partial charge on any atom is -0.481 e. The van der Waals surface area contributed by atoms with Crippen LogP contribution in [-0.4, -0.2) is 30.6 Å². The van der Waals surface area contributed by atoms with Crippen LogP contribution in [0.25, 0.3) is 11.2 Å². The largest absolute Gasteiger partial charge is 0.481 e. The number of aryl methyl sites for hydroxylation is 2. The van der Waals surface area contributed by atoms with Crippen LogP contribution in [0.5, 0.6) is 0 Å². The van der Waals surface area contributed by atoms with Gasteiger partial charge >= 0.3 is 5.97 Å². The molecule has 2 aromatic rings. The number of carbonyl (C=O) groups is 1. The molecule has 2 heterocycles. The van der Waals surface area contributed by atoms with E-state index in [2.05, 4.69) is 15.0 Å². The van der Waals surface area contributed by atoms with Crippen molar-refractivity contribution in [2.75, 3.05) is 5.73 Å². The van der Waals surface area contributed by atoms with E-state index in [1.54, 1.807) is 11.5 Å². The summed E-state index contributed by atoms with van der Waals surface area (Å²) in [6, 6.07) is 0. The van der Waals surface area contributed by atoms with Gasteiger partial charge in [0, 0.05) is 6.54 Å². The third kappa shape index (κ3) is 1.96. The van der Waals surface area contributed by atoms with E-state index < -0.39 is 11.5 Å². The van der Waals surface area contributed by atoms with Gasteiger partial charge in [0.25, 0.3) is 5.56 Å². The van der Waals surface area contributed by atoms with E-state index in [1.165, 1.54) is 0 Å². The quantitative estimate of drug-likeness (QED) is 0.659. The number of rotatable bonds is 3. The highest BCUT2D eigenvalue weighted by atomic mass is 16.4. The Bertz CT molecular complexity index is 642. The van der Waals surface area contributed by atoms with E-state index in [-0.39, 0.29) is 24.4 Å². The van der Waals surface area contributed by atoms with E-state index in [4.69, 9.17) is 10.8 Å². The van der Waals surface area contributed by atoms with Crippen molar-refractivity contribution in [3.05, 3.63) is 16.2 Å². The number of nitrogens with one attached hydrogen (secondary N) is 1. The van der Waals surface area contributed by atoms with Crippen LogP contribution in [0.15, 0.2) is 4.79 Å². The summed E-state index contributed by atoms with van der Waals surface area (Å²) >= 11 is 0. The molecule has 8 heteroatoms. The molecule has 0 saturated carbocycles. The molecule has 0 aliphatic carbocycles. The number of carboxylic acids is 1. The Morgan fingerprint density at radius 2 is 2.24 bits per heavy atom. The molecular formula is C9H11N5O3. The van der Waals surface area contributed by atoms with Crippen molar-refractivity contribution >= 4 is 23.1 Å². The first kappa shape index (κ1) is 11.1. The standard InChI is InChI=1S/C9H11N5O3/c1-4-11-6-7(12-9(10)13-8(6)17)14(4)3-2-5(15)16/h2-3H2,1H3,(H,15,16)(H3,10,12,13,17). The summed E-state index contributed by atoms with van der Waals surface area (Å²) in [5.41, 5.74) is 5.49. The molecule has 0 spiro atoms. The van der Waals surface area contributed by atoms with Crippen LogP contribution in [0.3, 0.4) is 0 Å². The van der Waals surface area contributed by atoms with Crippen molar-refractivity contribution in [3.63, 3.8) is 0 Å². The molecule has 0 atom stereocenters. The molecule has 0 amide bonds. The molecule has 0 bridgehead atoms. The zero-order valence-corrected chi connectivity index (χ0v) is 9.10. The van der Waals surface area contributed by atoms with Crippen LogP contribution < -0.4 is 11.3 Å². The van der Waals surface area contributed by atoms with Crippen molar-refractivity contribution < 1.29 is 9.90 Å². The van der Waals surface area contributed by atoms with Gasteiger partial charge in [-0.1, -0.05) is 0 Å². The van der Waals surface area contributed by atoms with Crippen molar-refractivity contribution in [1.29, 1.82) is 0 Å². The molecule has 0 saturated heterocycles. The Morgan fingerprint density at radius 1 is 1.53 bits per heavy atom. The summed E-state index contributed by atoms with van der Waals surface area (Å²) < 4.78 is 1.56. The maximum absolute atomic E-state index is 11.5. The van der Waals surface area contributed by atoms with Crippen LogP contribution in [0, 0.1) is 6.92 Å². The maximum atomic E-state index is 11.5. The average Bonchev–Trinajstić information content (AvgIpc) is 2.52. The Morgan fingerprint density at radius 3 is 2.88 bits per heavy atom. The van der Waals surface area contributed by atoms with E-state index in [9.17, 15) is 9.59 Å². The van der Waals surface area contributed by atoms with Gasteiger partial charge in [0.05, 0.1) is 6.42 Å². The van der Waals surface area contributed by atoms with Crippen LogP contribution in [0.2, 0.25) is 0 Å². The molecule has 0 unspecified atom stereocenters. The summed E-state index contributed by atoms with van der Waals surface area (Å²) in [5, 5.41) is 8.64. The summed E-state index contributed by atoms with van der Waals surface area (Å²) in [6.07, 6.45) is -0.0688. The summed E-state index contributed by atoms with van der Waals surface area (Å²) in [5.74, 6) is -0.409. The van der Waals surface area contributed by atoms with E-state index in [0.29, 0.717) is 11.5 Å². The Balaban J connectivity index is 2.58. The first-order valence-corrected chi connectivity index (χ1v) is 4.93. The smallest absolute Gasteiger partial charge is 0.305 e. The number of fused-ring (bicyclic) bond motifs is 1. The van der Waals surface area contributed by atoms with E-state index in [1.807, 2.05) is 0 Å². The van der Waals surface area contributed by atoms with Crippen LogP contribution in [-0.2, 0) is 11.3 Å². The third-order valence-electron chi connectivity index (χ3n) is 2.36. The zero-order valence-electron chi connectivity index (χ0n) is 9.10. The average molecular weight is 237 g/mol. The number of imidazole rings is 1. The van der Waals surface area contributed by atoms with Gasteiger partial charge in [-0.2, -0.15) is 4.98 Å². The second-order valence-electron chi connectivity index (χ2n) is 3.58. The number of H-pyrrole nitrogens is 1. The molecule has 0 aromatic carbocycles. The Kier molecular flexibility index (Phi) is 2.54. The number of aliphatic carboxylic acids is 1. The highest BCUT2D eigenvalue weighted by molar-refractivity contribution is 5.72. The molecule has 0 fully saturated rings. The number of carboxylic acid groups (broad SMARTS) is 1. The highest BCUT2D eigenvalue weighted by Crippen LogP contribution is 2.11. The van der Waals surface area contributed by atoms with Gasteiger partial charge < -0.3 is 15.4 Å². The van der Waals surface area contributed by atoms with Crippen molar-refractivity contribution in [3.8, 4) is 0 Å². The monoisotopic (exact) mass is 237 g/mol. The lowest BCUT2D eigenvalue weighted by atomic mass is 10.4. The van der Waals surface area contributed by atoms with Crippen molar-refractivity contribution in [2.45, 2.75) is 19.9 Å². The maximum Gasteiger partial charge on any atom is 0.305 e. The number of aromatic amines is 1. The number of nitrogens with zero attached hydrogens (tertiary/aromatic N) is 3. The first-order chi connectivity index (χ1) is 7.99. The Labute approximate surface area is 95.1 Å². The van der Waals surface area contributed by atoms with E-state index in [0.717, 1.165) is 0 Å². The number of hydrogen-bond acceptors (Lipinski definition) is 5. The molecule has 2 aromatic heterocycles. The molecule has 90 valence electrons. The van der Waals surface area contributed by atoms with Crippen LogP contribution in [0.4, 0.5) is 5.95 Å². The number of hydrogen-bond donors (Lipinski definition) is 3. The SMILES string of the molecule is Cc1nc2c(=O)[nH]c(N)nc2n1CCC(=O)O. The molecule has 0 aliphatic rings. The fourth-order valence-corrected chi connectivity index (χ4v) is 1.61. The van der Waals surface area contributed by atoms with Gasteiger partial charge in [-0.3, -0.25) is 14.6 Å². The Hall–Kier alpha value is -2.38. The van der Waals surface area contributed by atoms with Crippen molar-refractivity contribution in [2.24, 2.45) is 0 Å². The second kappa shape index (κ2) is 3.89. The second-order valence-corrected chi connectivity index (χ2v) is 3.58. The van der Waals surface area contributed by atoms with Gasteiger partial charge in [0.1, 0.15) is 5.82 Å². The highest BCUT2D eigenvalue weighted by Gasteiger charge is 2.13. The lowest BCUT2D eigenvalue weighted by Crippen LogP contribution is -2.13. The predicted octanol–water partition coefficient (Wildman–Crippen LogP) is -0.515. The number of nitrogens with two attached hydrogens (primary N) is 1. The molecule has 0 aliphatic heterocycles. The normalized spacial score (nSPS) is 10.9. The molecule has 0 radical (unpaired) electrons. The minimum atomic E-state index is -0.927. The summed E-state index contributed by atoms with van der Waals surface area (Å²) in [4.78, 5) is 32.4. The lowest BCUT2D eigenvalue weighted by molar-refractivity contribution is -0.137. The lowest BCUT2D eigenvalue weighted by Gasteiger charge is -2.03. The van der Waals surface area contributed by atoms with Gasteiger partial charge in [0.15, 0.2) is 11.2 Å². The predicted molar refractivity (Wildman–Crippen MR) is 59.6 cm³/mol. The van der Waals surface area contributed by atoms with Crippen LogP contribution >= 0.6 is 0 Å². The van der Waals surface area contributed by atoms with Gasteiger partial charge in [-0.15, -0.1) is 0 Å². The van der Waals surface area contributed by atoms with Gasteiger partial charge in [-0.05, 0) is 6.92 Å². The van der Waals surface area contributed by atoms with Gasteiger partial charge in [0.2, 0.25) is 5.95 Å². The summed E-state index contributed by atoms with van der Waals surface area (Å²) in [7, 11) is 0. The van der Waals surface area contributed by atoms with Crippen molar-refractivity contribution in [1.82, 2.24) is 19.5 Å². The number of aromatic nitrogens is 4. The number of nitrogen functional groups attached to an aromatic ring is 1. The molecule has 4 N–H and O–H groups in total. The third-order valence-corrected chi connectivity index (χ3v) is 2.36. The molecular weight excluding hydrogens is 226 g/mol. The van der Waals surface area contributed by atoms with E-state index >= 15 is 0 Å². The van der Waals surface area contributed by atoms with Crippen LogP contribution in [0.1, 0.15) is 12.2 Å². The molecule has 17 heavy (non-hydrogen) atoms. The minimum absolute atomic E-state index is 0.0148. The first-order valence-electron chi connectivity index (χ1n) is 4.93. The molecule has 8 nitrogen and oxygen atoms in total. The molecule has 2 rings (SSSR count). The topological polar surface area (TPSA) is 127 Å². The number of anilines is 1. The van der Waals surface area contributed by atoms with Gasteiger partial charge in [-0.25, -0.2) is 4.98 Å². The fourth-order valence-electron chi connectivity index (χ4n) is 1.61. The summed E-state index contributed by atoms with van der Waals surface area (Å²) in [6.45, 7) is 1.88. The zero-order chi connectivity index (χ0) is 12.6.